The van der Waals surface area contributed by atoms with E-state index in [1.807, 2.05) is 0 Å². The molecule has 1 aromatic rings. The van der Waals surface area contributed by atoms with E-state index in [1.54, 1.807) is 0 Å². The largest absolute Gasteiger partial charge is 0.480 e. The Hall–Kier alpha value is -1.97. The number of carboxylic acid groups (broad SMARTS) is 1. The Morgan fingerprint density at radius 2 is 1.96 bits per heavy atom. The minimum Gasteiger partial charge on any atom is -0.480 e. The highest BCUT2D eigenvalue weighted by molar-refractivity contribution is 7.89. The van der Waals surface area contributed by atoms with Crippen LogP contribution in [0.3, 0.4) is 0 Å². The number of carbonyl (C=O) groups is 2. The standard InChI is InChI=1S/C15H20N2O6S/c1-16-24(21,22)12-6-4-10(5-7-12)14(18)17-13(15(19)20)11-3-2-8-23-9-11/h4-7,11,13,16H,2-3,8-9H2,1H3,(H,17,18)(H,19,20). The summed E-state index contributed by atoms with van der Waals surface area (Å²) in [6.45, 7) is 0.884. The predicted octanol–water partition coefficient (Wildman–Crippen LogP) is 0.204. The van der Waals surface area contributed by atoms with Crippen molar-refractivity contribution in [3.8, 4) is 0 Å². The molecule has 1 aromatic carbocycles. The number of carboxylic acids is 1. The van der Waals surface area contributed by atoms with Crippen LogP contribution < -0.4 is 10.0 Å². The van der Waals surface area contributed by atoms with Gasteiger partial charge in [-0.25, -0.2) is 17.9 Å². The van der Waals surface area contributed by atoms with Crippen LogP contribution in [0.1, 0.15) is 23.2 Å². The third-order valence-electron chi connectivity index (χ3n) is 3.92. The average molecular weight is 356 g/mol. The number of amides is 1. The van der Waals surface area contributed by atoms with Gasteiger partial charge in [-0.3, -0.25) is 4.79 Å². The van der Waals surface area contributed by atoms with Crippen molar-refractivity contribution in [2.45, 2.75) is 23.8 Å². The molecule has 0 radical (unpaired) electrons. The van der Waals surface area contributed by atoms with Gasteiger partial charge in [0.05, 0.1) is 11.5 Å². The van der Waals surface area contributed by atoms with Gasteiger partial charge >= 0.3 is 5.97 Å². The van der Waals surface area contributed by atoms with Gasteiger partial charge in [0.1, 0.15) is 6.04 Å². The van der Waals surface area contributed by atoms with Gasteiger partial charge in [0, 0.05) is 18.1 Å². The van der Waals surface area contributed by atoms with E-state index in [0.29, 0.717) is 13.0 Å². The summed E-state index contributed by atoms with van der Waals surface area (Å²) in [6, 6.07) is 4.23. The van der Waals surface area contributed by atoms with Crippen molar-refractivity contribution in [2.75, 3.05) is 20.3 Å². The van der Waals surface area contributed by atoms with Crippen molar-refractivity contribution < 1.29 is 27.9 Å². The van der Waals surface area contributed by atoms with Crippen molar-refractivity contribution in [2.24, 2.45) is 5.92 Å². The van der Waals surface area contributed by atoms with Crippen LogP contribution in [0.5, 0.6) is 0 Å². The van der Waals surface area contributed by atoms with E-state index in [4.69, 9.17) is 4.74 Å². The van der Waals surface area contributed by atoms with Gasteiger partial charge in [-0.2, -0.15) is 0 Å². The molecule has 1 fully saturated rings. The molecule has 2 rings (SSSR count). The topological polar surface area (TPSA) is 122 Å². The maximum absolute atomic E-state index is 12.3. The predicted molar refractivity (Wildman–Crippen MR) is 85.1 cm³/mol. The lowest BCUT2D eigenvalue weighted by Crippen LogP contribution is -2.48. The third-order valence-corrected chi connectivity index (χ3v) is 5.35. The second kappa shape index (κ2) is 7.73. The monoisotopic (exact) mass is 356 g/mol. The van der Waals surface area contributed by atoms with Crippen LogP contribution in [0.15, 0.2) is 29.2 Å². The van der Waals surface area contributed by atoms with Gasteiger partial charge in [0.15, 0.2) is 0 Å². The molecule has 0 spiro atoms. The summed E-state index contributed by atoms with van der Waals surface area (Å²) in [5.74, 6) is -1.97. The Morgan fingerprint density at radius 1 is 1.29 bits per heavy atom. The Morgan fingerprint density at radius 3 is 2.46 bits per heavy atom. The first-order valence-corrected chi connectivity index (χ1v) is 8.98. The fourth-order valence-corrected chi connectivity index (χ4v) is 3.27. The maximum Gasteiger partial charge on any atom is 0.326 e. The lowest BCUT2D eigenvalue weighted by Gasteiger charge is -2.28. The average Bonchev–Trinajstić information content (AvgIpc) is 2.60. The molecule has 8 nitrogen and oxygen atoms in total. The van der Waals surface area contributed by atoms with Gasteiger partial charge in [0.25, 0.3) is 5.91 Å². The van der Waals surface area contributed by atoms with E-state index in [2.05, 4.69) is 10.0 Å². The fourth-order valence-electron chi connectivity index (χ4n) is 2.54. The molecule has 3 N–H and O–H groups in total. The Balaban J connectivity index is 2.11. The first kappa shape index (κ1) is 18.4. The molecule has 1 amide bonds. The van der Waals surface area contributed by atoms with Crippen LogP contribution in [0.25, 0.3) is 0 Å². The van der Waals surface area contributed by atoms with Crippen LogP contribution in [0.4, 0.5) is 0 Å². The summed E-state index contributed by atoms with van der Waals surface area (Å²) >= 11 is 0. The molecule has 1 aliphatic rings. The van der Waals surface area contributed by atoms with Crippen LogP contribution in [-0.2, 0) is 19.6 Å². The van der Waals surface area contributed by atoms with E-state index in [9.17, 15) is 23.1 Å². The highest BCUT2D eigenvalue weighted by atomic mass is 32.2. The molecule has 2 atom stereocenters. The second-order valence-electron chi connectivity index (χ2n) is 5.50. The molecule has 1 aliphatic heterocycles. The summed E-state index contributed by atoms with van der Waals surface area (Å²) in [4.78, 5) is 23.7. The van der Waals surface area contributed by atoms with Crippen molar-refractivity contribution in [3.63, 3.8) is 0 Å². The first-order chi connectivity index (χ1) is 11.3. The van der Waals surface area contributed by atoms with Gasteiger partial charge < -0.3 is 15.2 Å². The number of hydrogen-bond acceptors (Lipinski definition) is 5. The van der Waals surface area contributed by atoms with Gasteiger partial charge in [-0.15, -0.1) is 0 Å². The van der Waals surface area contributed by atoms with E-state index in [1.165, 1.54) is 31.3 Å². The van der Waals surface area contributed by atoms with Crippen molar-refractivity contribution in [1.82, 2.24) is 10.0 Å². The molecule has 1 heterocycles. The van der Waals surface area contributed by atoms with E-state index in [-0.39, 0.29) is 23.0 Å². The Labute approximate surface area is 140 Å². The summed E-state index contributed by atoms with van der Waals surface area (Å²) in [6.07, 6.45) is 1.41. The lowest BCUT2D eigenvalue weighted by atomic mass is 9.93. The highest BCUT2D eigenvalue weighted by Gasteiger charge is 2.31. The van der Waals surface area contributed by atoms with Crippen LogP contribution in [0.2, 0.25) is 0 Å². The molecule has 2 unspecified atom stereocenters. The molecule has 9 heteroatoms. The minimum absolute atomic E-state index is 0.0250. The van der Waals surface area contributed by atoms with Crippen molar-refractivity contribution in [3.05, 3.63) is 29.8 Å². The second-order valence-corrected chi connectivity index (χ2v) is 7.39. The number of sulfonamides is 1. The van der Waals surface area contributed by atoms with Crippen LogP contribution in [-0.4, -0.2) is 51.7 Å². The summed E-state index contributed by atoms with van der Waals surface area (Å²) in [5.41, 5.74) is 0.188. The zero-order valence-electron chi connectivity index (χ0n) is 13.2. The molecular weight excluding hydrogens is 336 g/mol. The summed E-state index contributed by atoms with van der Waals surface area (Å²) in [7, 11) is -2.30. The number of benzene rings is 1. The smallest absolute Gasteiger partial charge is 0.326 e. The zero-order chi connectivity index (χ0) is 17.7. The molecule has 1 saturated heterocycles. The van der Waals surface area contributed by atoms with E-state index < -0.39 is 27.9 Å². The summed E-state index contributed by atoms with van der Waals surface area (Å²) in [5, 5.41) is 11.8. The fraction of sp³-hybridized carbons (Fsp3) is 0.467. The van der Waals surface area contributed by atoms with Gasteiger partial charge in [-0.05, 0) is 44.2 Å². The summed E-state index contributed by atoms with van der Waals surface area (Å²) < 4.78 is 30.8. The molecule has 0 bridgehead atoms. The lowest BCUT2D eigenvalue weighted by molar-refractivity contribution is -0.142. The van der Waals surface area contributed by atoms with E-state index in [0.717, 1.165) is 6.42 Å². The molecule has 0 saturated carbocycles. The maximum atomic E-state index is 12.3. The molecule has 0 aliphatic carbocycles. The highest BCUT2D eigenvalue weighted by Crippen LogP contribution is 2.18. The van der Waals surface area contributed by atoms with Crippen molar-refractivity contribution >= 4 is 21.9 Å². The molecular formula is C15H20N2O6S. The number of carbonyl (C=O) groups excluding carboxylic acids is 1. The molecule has 24 heavy (non-hydrogen) atoms. The van der Waals surface area contributed by atoms with Gasteiger partial charge in [0.2, 0.25) is 10.0 Å². The third kappa shape index (κ3) is 4.31. The van der Waals surface area contributed by atoms with Crippen molar-refractivity contribution in [1.29, 1.82) is 0 Å². The Bertz CT molecular complexity index is 695. The number of rotatable bonds is 6. The SMILES string of the molecule is CNS(=O)(=O)c1ccc(C(=O)NC(C(=O)O)C2CCCOC2)cc1. The number of aliphatic carboxylic acids is 1. The quantitative estimate of drug-likeness (QED) is 0.669. The molecule has 132 valence electrons. The van der Waals surface area contributed by atoms with Gasteiger partial charge in [-0.1, -0.05) is 0 Å². The number of nitrogens with one attached hydrogen (secondary N) is 2. The van der Waals surface area contributed by atoms with Crippen LogP contribution in [0, 0.1) is 5.92 Å². The zero-order valence-corrected chi connectivity index (χ0v) is 14.0. The normalized spacial score (nSPS) is 19.5. The van der Waals surface area contributed by atoms with Crippen LogP contribution >= 0.6 is 0 Å². The number of hydrogen-bond donors (Lipinski definition) is 3. The number of ether oxygens (including phenoxy) is 1. The Kier molecular flexibility index (Phi) is 5.92. The first-order valence-electron chi connectivity index (χ1n) is 7.50. The molecule has 0 aromatic heterocycles. The van der Waals surface area contributed by atoms with E-state index >= 15 is 0 Å². The minimum atomic E-state index is -3.59.